The lowest BCUT2D eigenvalue weighted by molar-refractivity contribution is -0.00496. The largest absolute Gasteiger partial charge is 0.372 e. The van der Waals surface area contributed by atoms with Crippen molar-refractivity contribution in [3.8, 4) is 0 Å². The molecule has 0 aliphatic carbocycles. The Kier molecular flexibility index (Phi) is 4.50. The van der Waals surface area contributed by atoms with Crippen LogP contribution in [0.15, 0.2) is 24.0 Å². The molecule has 0 spiro atoms. The topological polar surface area (TPSA) is 41.1 Å². The molecule has 5 heteroatoms. The highest BCUT2D eigenvalue weighted by Crippen LogP contribution is 2.21. The second-order valence-corrected chi connectivity index (χ2v) is 6.37. The molecule has 1 saturated heterocycles. The Labute approximate surface area is 123 Å². The molecule has 20 heavy (non-hydrogen) atoms. The van der Waals surface area contributed by atoms with Crippen LogP contribution in [0.2, 0.25) is 0 Å². The predicted molar refractivity (Wildman–Crippen MR) is 80.7 cm³/mol. The Morgan fingerprint density at radius 3 is 2.95 bits per heavy atom. The van der Waals surface area contributed by atoms with Gasteiger partial charge in [-0.2, -0.15) is 0 Å². The van der Waals surface area contributed by atoms with Gasteiger partial charge >= 0.3 is 0 Å². The first-order valence-corrected chi connectivity index (χ1v) is 8.04. The molecule has 2 aromatic rings. The van der Waals surface area contributed by atoms with Gasteiger partial charge in [-0.3, -0.25) is 4.90 Å². The summed E-state index contributed by atoms with van der Waals surface area (Å²) in [7, 11) is 0. The Hall–Kier alpha value is -1.17. The molecule has 0 saturated carbocycles. The minimum absolute atomic E-state index is 0.382. The molecule has 4 nitrogen and oxygen atoms in total. The Morgan fingerprint density at radius 2 is 2.30 bits per heavy atom. The van der Waals surface area contributed by atoms with Crippen LogP contribution in [-0.2, 0) is 17.9 Å². The molecule has 3 heterocycles. The lowest BCUT2D eigenvalue weighted by Crippen LogP contribution is -2.36. The minimum atomic E-state index is 0.382. The second-order valence-electron chi connectivity index (χ2n) is 5.37. The number of aromatic amines is 1. The van der Waals surface area contributed by atoms with Crippen molar-refractivity contribution in [2.75, 3.05) is 13.1 Å². The van der Waals surface area contributed by atoms with Crippen LogP contribution < -0.4 is 0 Å². The molecule has 1 fully saturated rings. The molecule has 3 rings (SSSR count). The molecule has 0 atom stereocenters. The van der Waals surface area contributed by atoms with E-state index in [2.05, 4.69) is 33.2 Å². The number of likely N-dealkylation sites (tertiary alicyclic amines) is 1. The van der Waals surface area contributed by atoms with E-state index in [4.69, 9.17) is 4.74 Å². The number of nitrogens with zero attached hydrogens (tertiary/aromatic N) is 2. The highest BCUT2D eigenvalue weighted by atomic mass is 32.1. The molecule has 2 aromatic heterocycles. The van der Waals surface area contributed by atoms with Gasteiger partial charge < -0.3 is 9.72 Å². The van der Waals surface area contributed by atoms with E-state index in [9.17, 15) is 0 Å². The van der Waals surface area contributed by atoms with Gasteiger partial charge in [0.25, 0.3) is 0 Å². The van der Waals surface area contributed by atoms with Gasteiger partial charge in [0, 0.05) is 30.7 Å². The average molecular weight is 291 g/mol. The summed E-state index contributed by atoms with van der Waals surface area (Å²) in [6.45, 7) is 6.17. The smallest absolute Gasteiger partial charge is 0.0924 e. The van der Waals surface area contributed by atoms with Crippen molar-refractivity contribution < 1.29 is 4.74 Å². The molecule has 1 N–H and O–H groups in total. The zero-order valence-electron chi connectivity index (χ0n) is 11.8. The number of nitrogens with one attached hydrogen (secondary N) is 1. The summed E-state index contributed by atoms with van der Waals surface area (Å²) in [6, 6.07) is 2.21. The van der Waals surface area contributed by atoms with Crippen LogP contribution in [0, 0.1) is 6.92 Å². The van der Waals surface area contributed by atoms with Crippen LogP contribution in [0.3, 0.4) is 0 Å². The summed E-state index contributed by atoms with van der Waals surface area (Å²) in [6.07, 6.45) is 6.22. The summed E-state index contributed by atoms with van der Waals surface area (Å²) in [5.41, 5.74) is 2.41. The maximum absolute atomic E-state index is 5.93. The summed E-state index contributed by atoms with van der Waals surface area (Å²) in [5.74, 6) is 0. The first kappa shape index (κ1) is 13.8. The van der Waals surface area contributed by atoms with E-state index in [0.29, 0.717) is 12.7 Å². The van der Waals surface area contributed by atoms with Gasteiger partial charge in [-0.1, -0.05) is 0 Å². The number of thiophene rings is 1. The SMILES string of the molecule is Cc1ccsc1CN1CCC(OCc2c[nH]cn2)CC1. The van der Waals surface area contributed by atoms with Gasteiger partial charge in [0.05, 0.1) is 24.7 Å². The summed E-state index contributed by atoms with van der Waals surface area (Å²) < 4.78 is 5.93. The third-order valence-corrected chi connectivity index (χ3v) is 4.90. The standard InChI is InChI=1S/C15H21N3OS/c1-12-4-7-20-15(12)9-18-5-2-14(3-6-18)19-10-13-8-16-11-17-13/h4,7-8,11,14H,2-3,5-6,9-10H2,1H3,(H,16,17). The highest BCUT2D eigenvalue weighted by molar-refractivity contribution is 7.10. The second kappa shape index (κ2) is 6.52. The van der Waals surface area contributed by atoms with Crippen LogP contribution in [0.5, 0.6) is 0 Å². The number of H-pyrrole nitrogens is 1. The lowest BCUT2D eigenvalue weighted by Gasteiger charge is -2.31. The molecule has 0 unspecified atom stereocenters. The molecule has 1 aliphatic rings. The van der Waals surface area contributed by atoms with Crippen LogP contribution in [0.25, 0.3) is 0 Å². The van der Waals surface area contributed by atoms with Crippen molar-refractivity contribution >= 4 is 11.3 Å². The number of piperidine rings is 1. The van der Waals surface area contributed by atoms with Crippen LogP contribution in [0.1, 0.15) is 29.0 Å². The van der Waals surface area contributed by atoms with Crippen molar-refractivity contribution in [2.24, 2.45) is 0 Å². The fraction of sp³-hybridized carbons (Fsp3) is 0.533. The van der Waals surface area contributed by atoms with Gasteiger partial charge in [0.2, 0.25) is 0 Å². The maximum atomic E-state index is 5.93. The van der Waals surface area contributed by atoms with Crippen LogP contribution in [-0.4, -0.2) is 34.1 Å². The van der Waals surface area contributed by atoms with E-state index in [0.717, 1.165) is 38.2 Å². The van der Waals surface area contributed by atoms with E-state index in [1.807, 2.05) is 17.5 Å². The molecule has 1 aliphatic heterocycles. The summed E-state index contributed by atoms with van der Waals surface area (Å²) in [5, 5.41) is 2.18. The number of hydrogen-bond donors (Lipinski definition) is 1. The van der Waals surface area contributed by atoms with E-state index in [1.54, 1.807) is 6.33 Å². The van der Waals surface area contributed by atoms with Crippen LogP contribution in [0.4, 0.5) is 0 Å². The van der Waals surface area contributed by atoms with Crippen LogP contribution >= 0.6 is 11.3 Å². The first-order chi connectivity index (χ1) is 9.81. The van der Waals surface area contributed by atoms with E-state index in [-0.39, 0.29) is 0 Å². The molecule has 108 valence electrons. The molecule has 0 bridgehead atoms. The number of hydrogen-bond acceptors (Lipinski definition) is 4. The Bertz CT molecular complexity index is 515. The van der Waals surface area contributed by atoms with Gasteiger partial charge in [-0.05, 0) is 36.8 Å². The fourth-order valence-electron chi connectivity index (χ4n) is 2.58. The van der Waals surface area contributed by atoms with E-state index in [1.165, 1.54) is 10.4 Å². The quantitative estimate of drug-likeness (QED) is 0.921. The molecule has 0 aromatic carbocycles. The van der Waals surface area contributed by atoms with Gasteiger partial charge in [0.1, 0.15) is 0 Å². The van der Waals surface area contributed by atoms with Crippen molar-refractivity contribution in [3.05, 3.63) is 40.1 Å². The van der Waals surface area contributed by atoms with Gasteiger partial charge in [-0.15, -0.1) is 11.3 Å². The third-order valence-electron chi connectivity index (χ3n) is 3.89. The zero-order chi connectivity index (χ0) is 13.8. The Balaban J connectivity index is 1.42. The number of aromatic nitrogens is 2. The number of imidazole rings is 1. The van der Waals surface area contributed by atoms with E-state index >= 15 is 0 Å². The number of rotatable bonds is 5. The monoisotopic (exact) mass is 291 g/mol. The summed E-state index contributed by atoms with van der Waals surface area (Å²) >= 11 is 1.87. The lowest BCUT2D eigenvalue weighted by atomic mass is 10.1. The molecule has 0 amide bonds. The zero-order valence-corrected chi connectivity index (χ0v) is 12.7. The maximum Gasteiger partial charge on any atom is 0.0924 e. The van der Waals surface area contributed by atoms with Gasteiger partial charge in [0.15, 0.2) is 0 Å². The molecular weight excluding hydrogens is 270 g/mol. The Morgan fingerprint density at radius 1 is 1.45 bits per heavy atom. The highest BCUT2D eigenvalue weighted by Gasteiger charge is 2.20. The summed E-state index contributed by atoms with van der Waals surface area (Å²) in [4.78, 5) is 11.2. The molecule has 0 radical (unpaired) electrons. The number of aryl methyl sites for hydroxylation is 1. The number of ether oxygens (including phenoxy) is 1. The first-order valence-electron chi connectivity index (χ1n) is 7.16. The van der Waals surface area contributed by atoms with Crippen molar-refractivity contribution in [3.63, 3.8) is 0 Å². The third kappa shape index (κ3) is 3.48. The minimum Gasteiger partial charge on any atom is -0.372 e. The molecular formula is C15H21N3OS. The van der Waals surface area contributed by atoms with Crippen molar-refractivity contribution in [1.29, 1.82) is 0 Å². The normalized spacial score (nSPS) is 17.6. The van der Waals surface area contributed by atoms with Crippen molar-refractivity contribution in [1.82, 2.24) is 14.9 Å². The van der Waals surface area contributed by atoms with Gasteiger partial charge in [-0.25, -0.2) is 4.98 Å². The fourth-order valence-corrected chi connectivity index (χ4v) is 3.52. The van der Waals surface area contributed by atoms with Crippen molar-refractivity contribution in [2.45, 2.75) is 39.0 Å². The average Bonchev–Trinajstić information content (AvgIpc) is 3.11. The predicted octanol–water partition coefficient (Wildman–Crippen LogP) is 2.96. The van der Waals surface area contributed by atoms with E-state index < -0.39 is 0 Å².